The van der Waals surface area contributed by atoms with E-state index in [2.05, 4.69) is 5.43 Å². The van der Waals surface area contributed by atoms with Crippen molar-refractivity contribution in [1.82, 2.24) is 15.3 Å². The molecule has 9 heteroatoms. The minimum absolute atomic E-state index is 0.118. The zero-order chi connectivity index (χ0) is 23.0. The van der Waals surface area contributed by atoms with Crippen LogP contribution in [0.15, 0.2) is 53.4 Å². The SMILES string of the molecule is Cc1ccccc1C1=C(c2ccc(S(C)(=O)=O)cc2)N(CCN(C)C)NC1C(F)(F)F. The van der Waals surface area contributed by atoms with Crippen LogP contribution in [0.4, 0.5) is 13.2 Å². The van der Waals surface area contributed by atoms with E-state index >= 15 is 0 Å². The Morgan fingerprint density at radius 3 is 2.19 bits per heavy atom. The van der Waals surface area contributed by atoms with E-state index in [1.165, 1.54) is 17.1 Å². The third-order valence-electron chi connectivity index (χ3n) is 5.19. The fourth-order valence-corrected chi connectivity index (χ4v) is 4.24. The predicted octanol–water partition coefficient (Wildman–Crippen LogP) is 3.58. The Labute approximate surface area is 181 Å². The first-order chi connectivity index (χ1) is 14.4. The van der Waals surface area contributed by atoms with E-state index in [1.54, 1.807) is 43.3 Å². The van der Waals surface area contributed by atoms with Gasteiger partial charge in [-0.3, -0.25) is 0 Å². The fourth-order valence-electron chi connectivity index (χ4n) is 3.61. The molecule has 2 aromatic carbocycles. The quantitative estimate of drug-likeness (QED) is 0.725. The van der Waals surface area contributed by atoms with Gasteiger partial charge >= 0.3 is 6.18 Å². The van der Waals surface area contributed by atoms with Crippen molar-refractivity contribution in [2.45, 2.75) is 24.0 Å². The van der Waals surface area contributed by atoms with E-state index in [9.17, 15) is 21.6 Å². The Bertz CT molecular complexity index is 1080. The zero-order valence-corrected chi connectivity index (χ0v) is 18.7. The van der Waals surface area contributed by atoms with Crippen LogP contribution in [0.1, 0.15) is 16.7 Å². The second-order valence-corrected chi connectivity index (χ2v) is 9.95. The Balaban J connectivity index is 2.24. The predicted molar refractivity (Wildman–Crippen MR) is 116 cm³/mol. The molecule has 1 N–H and O–H groups in total. The van der Waals surface area contributed by atoms with Gasteiger partial charge in [-0.1, -0.05) is 36.4 Å². The van der Waals surface area contributed by atoms with Crippen LogP contribution in [0.5, 0.6) is 0 Å². The number of sulfone groups is 1. The van der Waals surface area contributed by atoms with Gasteiger partial charge in [-0.15, -0.1) is 0 Å². The van der Waals surface area contributed by atoms with E-state index in [4.69, 9.17) is 0 Å². The number of nitrogens with one attached hydrogen (secondary N) is 1. The van der Waals surface area contributed by atoms with Gasteiger partial charge in [-0.05, 0) is 49.8 Å². The van der Waals surface area contributed by atoms with Crippen molar-refractivity contribution < 1.29 is 21.6 Å². The highest BCUT2D eigenvalue weighted by Gasteiger charge is 2.49. The third kappa shape index (κ3) is 5.11. The molecule has 3 rings (SSSR count). The summed E-state index contributed by atoms with van der Waals surface area (Å²) in [5, 5.41) is 1.52. The van der Waals surface area contributed by atoms with Crippen molar-refractivity contribution >= 4 is 21.1 Å². The molecule has 31 heavy (non-hydrogen) atoms. The van der Waals surface area contributed by atoms with Gasteiger partial charge in [-0.25, -0.2) is 13.8 Å². The van der Waals surface area contributed by atoms with Gasteiger partial charge in [0.1, 0.15) is 6.04 Å². The van der Waals surface area contributed by atoms with Crippen LogP contribution in [0, 0.1) is 6.92 Å². The summed E-state index contributed by atoms with van der Waals surface area (Å²) in [6, 6.07) is 11.1. The van der Waals surface area contributed by atoms with Crippen molar-refractivity contribution in [2.75, 3.05) is 33.4 Å². The Morgan fingerprint density at radius 2 is 1.68 bits per heavy atom. The second kappa shape index (κ2) is 8.64. The van der Waals surface area contributed by atoms with Gasteiger partial charge in [0.2, 0.25) is 0 Å². The van der Waals surface area contributed by atoms with Crippen molar-refractivity contribution in [3.8, 4) is 0 Å². The summed E-state index contributed by atoms with van der Waals surface area (Å²) in [5.41, 5.74) is 4.94. The first kappa shape index (κ1) is 23.3. The third-order valence-corrected chi connectivity index (χ3v) is 6.32. The number of hydrazine groups is 1. The minimum Gasteiger partial charge on any atom is -0.308 e. The molecule has 0 fully saturated rings. The lowest BCUT2D eigenvalue weighted by atomic mass is 9.91. The summed E-state index contributed by atoms with van der Waals surface area (Å²) in [6.45, 7) is 2.63. The molecule has 0 bridgehead atoms. The van der Waals surface area contributed by atoms with Crippen molar-refractivity contribution in [3.63, 3.8) is 0 Å². The van der Waals surface area contributed by atoms with Gasteiger partial charge in [0.15, 0.2) is 9.84 Å². The smallest absolute Gasteiger partial charge is 0.308 e. The molecule has 0 radical (unpaired) electrons. The lowest BCUT2D eigenvalue weighted by Crippen LogP contribution is -2.47. The van der Waals surface area contributed by atoms with E-state index in [1.807, 2.05) is 19.0 Å². The van der Waals surface area contributed by atoms with Crippen LogP contribution in [0.2, 0.25) is 0 Å². The van der Waals surface area contributed by atoms with Gasteiger partial charge in [0.05, 0.1) is 10.6 Å². The molecule has 1 heterocycles. The zero-order valence-electron chi connectivity index (χ0n) is 17.9. The number of alkyl halides is 3. The molecule has 0 aliphatic carbocycles. The molecular formula is C22H26F3N3O2S. The topological polar surface area (TPSA) is 52.7 Å². The van der Waals surface area contributed by atoms with E-state index in [0.717, 1.165) is 11.8 Å². The average molecular weight is 454 g/mol. The molecule has 0 saturated heterocycles. The molecule has 1 aliphatic rings. The van der Waals surface area contributed by atoms with Crippen LogP contribution < -0.4 is 5.43 Å². The molecule has 0 saturated carbocycles. The molecule has 2 aromatic rings. The van der Waals surface area contributed by atoms with Gasteiger partial charge < -0.3 is 9.91 Å². The fraction of sp³-hybridized carbons (Fsp3) is 0.364. The molecule has 1 aliphatic heterocycles. The molecular weight excluding hydrogens is 427 g/mol. The molecule has 5 nitrogen and oxygen atoms in total. The molecule has 1 atom stereocenters. The molecule has 0 aromatic heterocycles. The number of aryl methyl sites for hydroxylation is 1. The van der Waals surface area contributed by atoms with Crippen LogP contribution in [-0.2, 0) is 9.84 Å². The van der Waals surface area contributed by atoms with Crippen LogP contribution in [-0.4, -0.2) is 64.0 Å². The summed E-state index contributed by atoms with van der Waals surface area (Å²) < 4.78 is 66.0. The highest BCUT2D eigenvalue weighted by Crippen LogP contribution is 2.43. The molecule has 1 unspecified atom stereocenters. The minimum atomic E-state index is -4.51. The van der Waals surface area contributed by atoms with E-state index in [-0.39, 0.29) is 10.5 Å². The van der Waals surface area contributed by atoms with Crippen LogP contribution in [0.25, 0.3) is 11.3 Å². The number of hydrogen-bond donors (Lipinski definition) is 1. The number of likely N-dealkylation sites (N-methyl/N-ethyl adjacent to an activating group) is 1. The van der Waals surface area contributed by atoms with E-state index < -0.39 is 22.1 Å². The highest BCUT2D eigenvalue weighted by atomic mass is 32.2. The van der Waals surface area contributed by atoms with Crippen molar-refractivity contribution in [1.29, 1.82) is 0 Å². The Morgan fingerprint density at radius 1 is 1.06 bits per heavy atom. The maximum Gasteiger partial charge on any atom is 0.409 e. The Kier molecular flexibility index (Phi) is 6.50. The van der Waals surface area contributed by atoms with Gasteiger partial charge in [0, 0.05) is 24.9 Å². The Hall–Kier alpha value is -2.36. The average Bonchev–Trinajstić information content (AvgIpc) is 3.06. The van der Waals surface area contributed by atoms with Crippen molar-refractivity contribution in [3.05, 3.63) is 65.2 Å². The summed E-state index contributed by atoms with van der Waals surface area (Å²) in [7, 11) is 0.286. The lowest BCUT2D eigenvalue weighted by Gasteiger charge is -2.26. The number of hydrogen-bond acceptors (Lipinski definition) is 5. The second-order valence-electron chi connectivity index (χ2n) is 7.93. The summed E-state index contributed by atoms with van der Waals surface area (Å²) in [5.74, 6) is 0. The van der Waals surface area contributed by atoms with Crippen molar-refractivity contribution in [2.24, 2.45) is 0 Å². The number of halogens is 3. The van der Waals surface area contributed by atoms with Gasteiger partial charge in [0.25, 0.3) is 0 Å². The lowest BCUT2D eigenvalue weighted by molar-refractivity contribution is -0.147. The van der Waals surface area contributed by atoms with Crippen LogP contribution >= 0.6 is 0 Å². The molecule has 0 spiro atoms. The monoisotopic (exact) mass is 453 g/mol. The van der Waals surface area contributed by atoms with Crippen LogP contribution in [0.3, 0.4) is 0 Å². The standard InChI is InChI=1S/C22H26F3N3O2S/c1-15-7-5-6-8-18(15)19-20(16-9-11-17(12-10-16)31(4,29)30)28(14-13-27(2)3)26-21(19)22(23,24)25/h5-12,21,26H,13-14H2,1-4H3. The maximum absolute atomic E-state index is 14.1. The number of benzene rings is 2. The highest BCUT2D eigenvalue weighted by molar-refractivity contribution is 7.90. The van der Waals surface area contributed by atoms with Gasteiger partial charge in [-0.2, -0.15) is 13.2 Å². The van der Waals surface area contributed by atoms with E-state index in [0.29, 0.717) is 29.9 Å². The first-order valence-electron chi connectivity index (χ1n) is 9.75. The number of nitrogens with zero attached hydrogens (tertiary/aromatic N) is 2. The number of rotatable bonds is 6. The molecule has 0 amide bonds. The first-order valence-corrected chi connectivity index (χ1v) is 11.6. The maximum atomic E-state index is 14.1. The summed E-state index contributed by atoms with van der Waals surface area (Å²) >= 11 is 0. The largest absolute Gasteiger partial charge is 0.409 e. The summed E-state index contributed by atoms with van der Waals surface area (Å²) in [6.07, 6.45) is -3.41. The normalized spacial score (nSPS) is 17.7. The summed E-state index contributed by atoms with van der Waals surface area (Å²) in [4.78, 5) is 2.01. The molecule has 168 valence electrons.